The summed E-state index contributed by atoms with van der Waals surface area (Å²) in [6.07, 6.45) is 9.67. The van der Waals surface area contributed by atoms with Crippen LogP contribution < -0.4 is 0 Å². The predicted octanol–water partition coefficient (Wildman–Crippen LogP) is 1.68. The average molecular weight is 330 g/mol. The van der Waals surface area contributed by atoms with Crippen molar-refractivity contribution in [3.05, 3.63) is 59.6 Å². The summed E-state index contributed by atoms with van der Waals surface area (Å²) in [5.41, 5.74) is -1.47. The first-order chi connectivity index (χ1) is 11.3. The highest BCUT2D eigenvalue weighted by Crippen LogP contribution is 2.33. The smallest absolute Gasteiger partial charge is 0.336 e. The molecule has 0 fully saturated rings. The molecule has 1 aliphatic carbocycles. The van der Waals surface area contributed by atoms with Gasteiger partial charge in [0.2, 0.25) is 17.2 Å². The summed E-state index contributed by atoms with van der Waals surface area (Å²) >= 11 is 0. The fraction of sp³-hybridized carbons (Fsp3) is 0.278. The first-order valence-electron chi connectivity index (χ1n) is 7.39. The van der Waals surface area contributed by atoms with Gasteiger partial charge in [-0.15, -0.1) is 0 Å². The fourth-order valence-corrected chi connectivity index (χ4v) is 2.14. The Balaban J connectivity index is 2.33. The summed E-state index contributed by atoms with van der Waals surface area (Å²) in [5, 5.41) is 9.23. The van der Waals surface area contributed by atoms with Gasteiger partial charge in [-0.3, -0.25) is 9.59 Å². The molecule has 1 N–H and O–H groups in total. The van der Waals surface area contributed by atoms with E-state index in [1.165, 1.54) is 26.2 Å². The van der Waals surface area contributed by atoms with E-state index in [1.54, 1.807) is 18.2 Å². The highest BCUT2D eigenvalue weighted by Gasteiger charge is 2.49. The van der Waals surface area contributed by atoms with Gasteiger partial charge in [0.05, 0.1) is 5.57 Å². The molecule has 0 amide bonds. The average Bonchev–Trinajstić information content (AvgIpc) is 2.53. The van der Waals surface area contributed by atoms with E-state index in [2.05, 4.69) is 0 Å². The topological polar surface area (TPSA) is 89.9 Å². The van der Waals surface area contributed by atoms with Gasteiger partial charge in [-0.2, -0.15) is 0 Å². The summed E-state index contributed by atoms with van der Waals surface area (Å²) < 4.78 is 10.3. The molecular weight excluding hydrogens is 312 g/mol. The quantitative estimate of drug-likeness (QED) is 0.479. The lowest BCUT2D eigenvalue weighted by Crippen LogP contribution is -2.51. The van der Waals surface area contributed by atoms with Crippen molar-refractivity contribution in [1.82, 2.24) is 0 Å². The van der Waals surface area contributed by atoms with E-state index in [9.17, 15) is 19.5 Å². The lowest BCUT2D eigenvalue weighted by molar-refractivity contribution is -0.174. The van der Waals surface area contributed by atoms with Crippen LogP contribution in [0.15, 0.2) is 59.6 Å². The van der Waals surface area contributed by atoms with Crippen molar-refractivity contribution in [1.29, 1.82) is 0 Å². The first-order valence-corrected chi connectivity index (χ1v) is 7.39. The summed E-state index contributed by atoms with van der Waals surface area (Å²) in [6.45, 7) is 4.27. The SMILES string of the molecule is C/C=C/C=C/C1=CC2=CC(=O)[C@](C)(OC(=O)C(C)O)C(=O)C2=CO1. The molecule has 126 valence electrons. The number of Topliss-reactive ketones (excluding diaryl/α,β-unsaturated/α-hetero) is 1. The van der Waals surface area contributed by atoms with Gasteiger partial charge in [0.25, 0.3) is 0 Å². The Morgan fingerprint density at radius 3 is 2.67 bits per heavy atom. The predicted molar refractivity (Wildman–Crippen MR) is 85.5 cm³/mol. The minimum atomic E-state index is -2.00. The lowest BCUT2D eigenvalue weighted by Gasteiger charge is -2.31. The standard InChI is InChI=1S/C18H18O6/c1-4-5-6-7-13-8-12-9-15(20)18(3,24-17(22)11(2)19)16(21)14(12)10-23-13/h4-11,19H,1-3H3/b5-4+,7-6+/t11?,18-/m0/s1. The molecule has 6 heteroatoms. The number of allylic oxidation sites excluding steroid dienone is 6. The fourth-order valence-electron chi connectivity index (χ4n) is 2.14. The Morgan fingerprint density at radius 1 is 1.33 bits per heavy atom. The first kappa shape index (κ1) is 17.6. The van der Waals surface area contributed by atoms with Crippen LogP contribution in [0, 0.1) is 0 Å². The number of rotatable bonds is 4. The number of hydrogen-bond acceptors (Lipinski definition) is 6. The molecule has 0 radical (unpaired) electrons. The van der Waals surface area contributed by atoms with Crippen molar-refractivity contribution < 1.29 is 29.0 Å². The van der Waals surface area contributed by atoms with Gasteiger partial charge in [-0.25, -0.2) is 4.79 Å². The van der Waals surface area contributed by atoms with Crippen molar-refractivity contribution in [3.8, 4) is 0 Å². The Hall–Kier alpha value is -2.73. The molecule has 0 bridgehead atoms. The molecule has 2 aliphatic rings. The zero-order valence-electron chi connectivity index (χ0n) is 13.6. The van der Waals surface area contributed by atoms with Gasteiger partial charge < -0.3 is 14.6 Å². The number of carbonyl (C=O) groups excluding carboxylic acids is 3. The number of fused-ring (bicyclic) bond motifs is 1. The van der Waals surface area contributed by atoms with Gasteiger partial charge in [-0.1, -0.05) is 18.2 Å². The van der Waals surface area contributed by atoms with E-state index in [0.717, 1.165) is 0 Å². The minimum absolute atomic E-state index is 0.138. The van der Waals surface area contributed by atoms with Gasteiger partial charge in [0.15, 0.2) is 0 Å². The Bertz CT molecular complexity index is 733. The summed E-state index contributed by atoms with van der Waals surface area (Å²) in [7, 11) is 0. The molecule has 0 aromatic rings. The Morgan fingerprint density at radius 2 is 2.04 bits per heavy atom. The second-order valence-corrected chi connectivity index (χ2v) is 5.50. The van der Waals surface area contributed by atoms with Crippen LogP contribution in [0.25, 0.3) is 0 Å². The maximum absolute atomic E-state index is 12.6. The van der Waals surface area contributed by atoms with Crippen LogP contribution in [0.3, 0.4) is 0 Å². The maximum Gasteiger partial charge on any atom is 0.336 e. The molecule has 0 saturated heterocycles. The van der Waals surface area contributed by atoms with Crippen molar-refractivity contribution in [2.45, 2.75) is 32.5 Å². The molecule has 0 aromatic heterocycles. The second kappa shape index (κ2) is 6.80. The van der Waals surface area contributed by atoms with E-state index in [0.29, 0.717) is 11.3 Å². The van der Waals surface area contributed by atoms with E-state index >= 15 is 0 Å². The molecular formula is C18H18O6. The second-order valence-electron chi connectivity index (χ2n) is 5.50. The largest absolute Gasteiger partial charge is 0.464 e. The number of ketones is 2. The van der Waals surface area contributed by atoms with Gasteiger partial charge in [0.1, 0.15) is 18.1 Å². The van der Waals surface area contributed by atoms with Crippen molar-refractivity contribution in [3.63, 3.8) is 0 Å². The molecule has 0 aromatic carbocycles. The monoisotopic (exact) mass is 330 g/mol. The molecule has 1 unspecified atom stereocenters. The third-order valence-electron chi connectivity index (χ3n) is 3.57. The number of carbonyl (C=O) groups is 3. The third-order valence-corrected chi connectivity index (χ3v) is 3.57. The normalized spacial score (nSPS) is 24.9. The molecule has 2 atom stereocenters. The van der Waals surface area contributed by atoms with Crippen molar-refractivity contribution in [2.24, 2.45) is 0 Å². The van der Waals surface area contributed by atoms with Crippen molar-refractivity contribution in [2.75, 3.05) is 0 Å². The Kier molecular flexibility index (Phi) is 4.99. The third kappa shape index (κ3) is 3.28. The molecule has 1 aliphatic heterocycles. The summed E-state index contributed by atoms with van der Waals surface area (Å²) in [4.78, 5) is 36.5. The maximum atomic E-state index is 12.6. The van der Waals surface area contributed by atoms with Gasteiger partial charge in [0, 0.05) is 0 Å². The van der Waals surface area contributed by atoms with Crippen LogP contribution in [0.5, 0.6) is 0 Å². The van der Waals surface area contributed by atoms with E-state index in [4.69, 9.17) is 9.47 Å². The van der Waals surface area contributed by atoms with Crippen LogP contribution in [0.2, 0.25) is 0 Å². The highest BCUT2D eigenvalue weighted by atomic mass is 16.6. The van der Waals surface area contributed by atoms with Crippen LogP contribution in [0.1, 0.15) is 20.8 Å². The number of aliphatic hydroxyl groups is 1. The van der Waals surface area contributed by atoms with Gasteiger partial charge in [-0.05, 0) is 44.6 Å². The molecule has 0 saturated carbocycles. The zero-order valence-corrected chi connectivity index (χ0v) is 13.6. The van der Waals surface area contributed by atoms with Crippen molar-refractivity contribution >= 4 is 17.5 Å². The lowest BCUT2D eigenvalue weighted by atomic mass is 9.80. The summed E-state index contributed by atoms with van der Waals surface area (Å²) in [5.74, 6) is -1.93. The molecule has 0 spiro atoms. The molecule has 6 nitrogen and oxygen atoms in total. The zero-order chi connectivity index (χ0) is 17.9. The van der Waals surface area contributed by atoms with E-state index < -0.39 is 29.2 Å². The van der Waals surface area contributed by atoms with E-state index in [1.807, 2.05) is 19.1 Å². The summed E-state index contributed by atoms with van der Waals surface area (Å²) in [6, 6.07) is 0. The van der Waals surface area contributed by atoms with Crippen LogP contribution in [-0.2, 0) is 23.9 Å². The number of aliphatic hydroxyl groups excluding tert-OH is 1. The number of hydrogen-bond donors (Lipinski definition) is 1. The van der Waals surface area contributed by atoms with Crippen LogP contribution >= 0.6 is 0 Å². The van der Waals surface area contributed by atoms with Crippen LogP contribution in [0.4, 0.5) is 0 Å². The minimum Gasteiger partial charge on any atom is -0.464 e. The highest BCUT2D eigenvalue weighted by molar-refractivity contribution is 6.26. The molecule has 2 rings (SSSR count). The molecule has 1 heterocycles. The number of esters is 1. The van der Waals surface area contributed by atoms with Crippen LogP contribution in [-0.4, -0.2) is 34.3 Å². The molecule has 24 heavy (non-hydrogen) atoms. The van der Waals surface area contributed by atoms with E-state index in [-0.39, 0.29) is 5.57 Å². The van der Waals surface area contributed by atoms with Gasteiger partial charge >= 0.3 is 5.97 Å². The number of ether oxygens (including phenoxy) is 2. The Labute approximate surface area is 139 Å².